The molecule has 0 amide bonds. The molecule has 1 aromatic rings. The number of esters is 1. The van der Waals surface area contributed by atoms with Crippen LogP contribution in [0.1, 0.15) is 24.5 Å². The van der Waals surface area contributed by atoms with Crippen molar-refractivity contribution in [2.24, 2.45) is 0 Å². The minimum atomic E-state index is -0.189. The second-order valence-electron chi connectivity index (χ2n) is 3.37. The highest BCUT2D eigenvalue weighted by Crippen LogP contribution is 2.20. The molecule has 0 spiro atoms. The van der Waals surface area contributed by atoms with Crippen molar-refractivity contribution in [2.45, 2.75) is 20.3 Å². The molecule has 2 nitrogen and oxygen atoms in total. The molecule has 0 aliphatic carbocycles. The van der Waals surface area contributed by atoms with Gasteiger partial charge in [0.25, 0.3) is 0 Å². The molecular weight excluding hydrogens is 268 g/mol. The van der Waals surface area contributed by atoms with Gasteiger partial charge in [-0.3, -0.25) is 4.79 Å². The topological polar surface area (TPSA) is 26.3 Å². The molecule has 0 N–H and O–H groups in total. The van der Waals surface area contributed by atoms with Crippen molar-refractivity contribution in [1.29, 1.82) is 0 Å². The van der Waals surface area contributed by atoms with Crippen molar-refractivity contribution >= 4 is 28.0 Å². The lowest BCUT2D eigenvalue weighted by atomic mass is 10.1. The number of hydrogen-bond donors (Lipinski definition) is 0. The van der Waals surface area contributed by atoms with Gasteiger partial charge in [0, 0.05) is 4.47 Å². The monoisotopic (exact) mass is 282 g/mol. The third-order valence-electron chi connectivity index (χ3n) is 2.20. The van der Waals surface area contributed by atoms with E-state index in [1.165, 1.54) is 5.56 Å². The molecule has 0 aromatic heterocycles. The molecule has 0 fully saturated rings. The van der Waals surface area contributed by atoms with Crippen LogP contribution in [0.4, 0.5) is 0 Å². The molecule has 0 saturated carbocycles. The van der Waals surface area contributed by atoms with Crippen LogP contribution in [0, 0.1) is 6.92 Å². The molecular formula is C13H15BrO2. The zero-order valence-corrected chi connectivity index (χ0v) is 11.1. The van der Waals surface area contributed by atoms with Gasteiger partial charge < -0.3 is 4.74 Å². The van der Waals surface area contributed by atoms with Crippen LogP contribution in [0.25, 0.3) is 6.08 Å². The van der Waals surface area contributed by atoms with Crippen LogP contribution in [0.2, 0.25) is 0 Å². The molecule has 0 bridgehead atoms. The van der Waals surface area contributed by atoms with E-state index in [0.717, 1.165) is 10.0 Å². The number of halogens is 1. The molecule has 3 heteroatoms. The normalized spacial score (nSPS) is 10.7. The first kappa shape index (κ1) is 13.0. The first-order valence-electron chi connectivity index (χ1n) is 5.22. The third kappa shape index (κ3) is 3.81. The predicted molar refractivity (Wildman–Crippen MR) is 69.2 cm³/mol. The van der Waals surface area contributed by atoms with Crippen LogP contribution in [0.15, 0.2) is 28.7 Å². The van der Waals surface area contributed by atoms with Crippen molar-refractivity contribution < 1.29 is 9.53 Å². The number of carbonyl (C=O) groups excluding carboxylic acids is 1. The third-order valence-corrected chi connectivity index (χ3v) is 3.06. The maximum absolute atomic E-state index is 11.1. The number of rotatable bonds is 4. The van der Waals surface area contributed by atoms with Gasteiger partial charge in [-0.2, -0.15) is 0 Å². The van der Waals surface area contributed by atoms with Crippen molar-refractivity contribution in [1.82, 2.24) is 0 Å². The first-order valence-corrected chi connectivity index (χ1v) is 6.01. The largest absolute Gasteiger partial charge is 0.466 e. The van der Waals surface area contributed by atoms with Gasteiger partial charge in [0.2, 0.25) is 0 Å². The van der Waals surface area contributed by atoms with Gasteiger partial charge in [-0.05, 0) is 31.0 Å². The van der Waals surface area contributed by atoms with Crippen molar-refractivity contribution in [3.63, 3.8) is 0 Å². The van der Waals surface area contributed by atoms with E-state index >= 15 is 0 Å². The molecule has 16 heavy (non-hydrogen) atoms. The molecule has 0 atom stereocenters. The number of carbonyl (C=O) groups is 1. The average molecular weight is 283 g/mol. The summed E-state index contributed by atoms with van der Waals surface area (Å²) < 4.78 is 5.91. The van der Waals surface area contributed by atoms with E-state index in [1.807, 2.05) is 37.3 Å². The van der Waals surface area contributed by atoms with Crippen molar-refractivity contribution in [3.8, 4) is 0 Å². The summed E-state index contributed by atoms with van der Waals surface area (Å²) in [5.41, 5.74) is 2.28. The quantitative estimate of drug-likeness (QED) is 0.787. The van der Waals surface area contributed by atoms with Crippen LogP contribution in [0.3, 0.4) is 0 Å². The first-order chi connectivity index (χ1) is 7.65. The average Bonchev–Trinajstić information content (AvgIpc) is 2.25. The lowest BCUT2D eigenvalue weighted by Gasteiger charge is -2.02. The Kier molecular flexibility index (Phi) is 5.26. The van der Waals surface area contributed by atoms with E-state index in [1.54, 1.807) is 6.92 Å². The summed E-state index contributed by atoms with van der Waals surface area (Å²) in [6, 6.07) is 5.99. The van der Waals surface area contributed by atoms with Gasteiger partial charge in [0.15, 0.2) is 0 Å². The molecule has 0 radical (unpaired) electrons. The summed E-state index contributed by atoms with van der Waals surface area (Å²) in [6.45, 7) is 4.27. The Balaban J connectivity index is 2.63. The number of benzene rings is 1. The number of hydrogen-bond acceptors (Lipinski definition) is 2. The lowest BCUT2D eigenvalue weighted by molar-refractivity contribution is -0.142. The van der Waals surface area contributed by atoms with Crippen LogP contribution in [-0.4, -0.2) is 12.6 Å². The SMILES string of the molecule is CCOC(=O)CC=Cc1cccc(Br)c1C. The van der Waals surface area contributed by atoms with Crippen LogP contribution < -0.4 is 0 Å². The van der Waals surface area contributed by atoms with Crippen LogP contribution in [0.5, 0.6) is 0 Å². The second kappa shape index (κ2) is 6.48. The summed E-state index contributed by atoms with van der Waals surface area (Å²) in [7, 11) is 0. The molecule has 0 heterocycles. The van der Waals surface area contributed by atoms with Gasteiger partial charge >= 0.3 is 5.97 Å². The minimum absolute atomic E-state index is 0.189. The van der Waals surface area contributed by atoms with Crippen molar-refractivity contribution in [3.05, 3.63) is 39.9 Å². The molecule has 1 aromatic carbocycles. The Labute approximate surface area is 104 Å². The van der Waals surface area contributed by atoms with Gasteiger partial charge in [0.1, 0.15) is 0 Å². The summed E-state index contributed by atoms with van der Waals surface area (Å²) in [5.74, 6) is -0.189. The Morgan fingerprint density at radius 3 is 2.94 bits per heavy atom. The molecule has 1 rings (SSSR count). The fourth-order valence-corrected chi connectivity index (χ4v) is 1.69. The zero-order chi connectivity index (χ0) is 12.0. The second-order valence-corrected chi connectivity index (χ2v) is 4.22. The molecule has 86 valence electrons. The standard InChI is InChI=1S/C13H15BrO2/c1-3-16-13(15)9-5-7-11-6-4-8-12(14)10(11)2/h4-8H,3,9H2,1-2H3. The van der Waals surface area contributed by atoms with Gasteiger partial charge in [-0.25, -0.2) is 0 Å². The van der Waals surface area contributed by atoms with E-state index in [4.69, 9.17) is 4.74 Å². The van der Waals surface area contributed by atoms with E-state index in [0.29, 0.717) is 13.0 Å². The molecule has 0 saturated heterocycles. The van der Waals surface area contributed by atoms with E-state index in [2.05, 4.69) is 15.9 Å². The Morgan fingerprint density at radius 1 is 1.50 bits per heavy atom. The zero-order valence-electron chi connectivity index (χ0n) is 9.50. The van der Waals surface area contributed by atoms with Gasteiger partial charge in [-0.1, -0.05) is 40.2 Å². The highest BCUT2D eigenvalue weighted by Gasteiger charge is 1.99. The molecule has 0 aliphatic heterocycles. The highest BCUT2D eigenvalue weighted by molar-refractivity contribution is 9.10. The summed E-state index contributed by atoms with van der Waals surface area (Å²) in [6.07, 6.45) is 4.09. The summed E-state index contributed by atoms with van der Waals surface area (Å²) in [5, 5.41) is 0. The van der Waals surface area contributed by atoms with E-state index in [9.17, 15) is 4.79 Å². The fourth-order valence-electron chi connectivity index (χ4n) is 1.31. The van der Waals surface area contributed by atoms with E-state index in [-0.39, 0.29) is 5.97 Å². The van der Waals surface area contributed by atoms with Crippen LogP contribution >= 0.6 is 15.9 Å². The minimum Gasteiger partial charge on any atom is -0.466 e. The predicted octanol–water partition coefficient (Wildman–Crippen LogP) is 3.72. The summed E-state index contributed by atoms with van der Waals surface area (Å²) in [4.78, 5) is 11.1. The lowest BCUT2D eigenvalue weighted by Crippen LogP contribution is -2.01. The Morgan fingerprint density at radius 2 is 2.25 bits per heavy atom. The molecule has 0 aliphatic rings. The van der Waals surface area contributed by atoms with Crippen molar-refractivity contribution in [2.75, 3.05) is 6.61 Å². The number of ether oxygens (including phenoxy) is 1. The molecule has 0 unspecified atom stereocenters. The fraction of sp³-hybridized carbons (Fsp3) is 0.308. The van der Waals surface area contributed by atoms with Gasteiger partial charge in [0.05, 0.1) is 13.0 Å². The smallest absolute Gasteiger partial charge is 0.309 e. The maximum atomic E-state index is 11.1. The van der Waals surface area contributed by atoms with Crippen LogP contribution in [-0.2, 0) is 9.53 Å². The van der Waals surface area contributed by atoms with Gasteiger partial charge in [-0.15, -0.1) is 0 Å². The highest BCUT2D eigenvalue weighted by atomic mass is 79.9. The Bertz CT molecular complexity index is 397. The Hall–Kier alpha value is -1.09. The van der Waals surface area contributed by atoms with E-state index < -0.39 is 0 Å². The summed E-state index contributed by atoms with van der Waals surface area (Å²) >= 11 is 3.47. The maximum Gasteiger partial charge on any atom is 0.309 e.